The first-order chi connectivity index (χ1) is 9.39. The molecule has 0 amide bonds. The molecular formula is C16H22FNO2. The molecule has 1 aliphatic rings. The SMILES string of the molecule is CC(CN1CCCC(C)(O)C1)C(=O)c1ccccc1F. The quantitative estimate of drug-likeness (QED) is 0.861. The molecule has 1 heterocycles. The molecule has 0 bridgehead atoms. The summed E-state index contributed by atoms with van der Waals surface area (Å²) in [5, 5.41) is 10.1. The van der Waals surface area contributed by atoms with Gasteiger partial charge in [0.25, 0.3) is 0 Å². The van der Waals surface area contributed by atoms with E-state index >= 15 is 0 Å². The molecule has 20 heavy (non-hydrogen) atoms. The van der Waals surface area contributed by atoms with Gasteiger partial charge in [0.2, 0.25) is 0 Å². The molecule has 2 rings (SSSR count). The number of aliphatic hydroxyl groups is 1. The number of ketones is 1. The van der Waals surface area contributed by atoms with Crippen LogP contribution in [0.5, 0.6) is 0 Å². The van der Waals surface area contributed by atoms with Crippen molar-refractivity contribution in [2.45, 2.75) is 32.3 Å². The molecule has 2 unspecified atom stereocenters. The fraction of sp³-hybridized carbons (Fsp3) is 0.562. The summed E-state index contributed by atoms with van der Waals surface area (Å²) in [7, 11) is 0. The Morgan fingerprint density at radius 2 is 2.20 bits per heavy atom. The number of likely N-dealkylation sites (tertiary alicyclic amines) is 1. The van der Waals surface area contributed by atoms with Crippen LogP contribution in [0.4, 0.5) is 4.39 Å². The lowest BCUT2D eigenvalue weighted by atomic mass is 9.93. The van der Waals surface area contributed by atoms with Crippen LogP contribution in [0.2, 0.25) is 0 Å². The van der Waals surface area contributed by atoms with Crippen molar-refractivity contribution in [1.82, 2.24) is 4.90 Å². The third kappa shape index (κ3) is 3.64. The van der Waals surface area contributed by atoms with E-state index in [-0.39, 0.29) is 17.3 Å². The Kier molecular flexibility index (Phi) is 4.55. The Bertz CT molecular complexity index is 487. The highest BCUT2D eigenvalue weighted by molar-refractivity contribution is 5.98. The molecule has 0 aliphatic carbocycles. The van der Waals surface area contributed by atoms with Crippen LogP contribution in [0, 0.1) is 11.7 Å². The summed E-state index contributed by atoms with van der Waals surface area (Å²) in [5.74, 6) is -0.913. The van der Waals surface area contributed by atoms with E-state index in [1.54, 1.807) is 12.1 Å². The summed E-state index contributed by atoms with van der Waals surface area (Å²) in [6.45, 7) is 5.65. The second kappa shape index (κ2) is 6.02. The molecule has 1 aromatic carbocycles. The Labute approximate surface area is 119 Å². The van der Waals surface area contributed by atoms with Crippen LogP contribution in [-0.2, 0) is 0 Å². The fourth-order valence-corrected chi connectivity index (χ4v) is 2.88. The maximum Gasteiger partial charge on any atom is 0.169 e. The number of hydrogen-bond donors (Lipinski definition) is 1. The van der Waals surface area contributed by atoms with E-state index in [0.29, 0.717) is 13.1 Å². The van der Waals surface area contributed by atoms with Gasteiger partial charge in [-0.25, -0.2) is 4.39 Å². The first-order valence-corrected chi connectivity index (χ1v) is 7.12. The largest absolute Gasteiger partial charge is 0.389 e. The molecule has 0 spiro atoms. The van der Waals surface area contributed by atoms with Gasteiger partial charge in [-0.05, 0) is 38.4 Å². The van der Waals surface area contributed by atoms with Crippen molar-refractivity contribution in [3.63, 3.8) is 0 Å². The highest BCUT2D eigenvalue weighted by Gasteiger charge is 2.30. The van der Waals surface area contributed by atoms with Crippen molar-refractivity contribution in [2.75, 3.05) is 19.6 Å². The van der Waals surface area contributed by atoms with E-state index in [1.807, 2.05) is 13.8 Å². The number of hydrogen-bond acceptors (Lipinski definition) is 3. The van der Waals surface area contributed by atoms with Crippen molar-refractivity contribution < 1.29 is 14.3 Å². The molecule has 2 atom stereocenters. The van der Waals surface area contributed by atoms with E-state index in [0.717, 1.165) is 19.4 Å². The van der Waals surface area contributed by atoms with Gasteiger partial charge in [0, 0.05) is 19.0 Å². The van der Waals surface area contributed by atoms with Crippen LogP contribution in [0.1, 0.15) is 37.0 Å². The Hall–Kier alpha value is -1.26. The Morgan fingerprint density at radius 3 is 2.85 bits per heavy atom. The first-order valence-electron chi connectivity index (χ1n) is 7.12. The third-order valence-electron chi connectivity index (χ3n) is 3.87. The topological polar surface area (TPSA) is 40.5 Å². The van der Waals surface area contributed by atoms with Gasteiger partial charge in [-0.15, -0.1) is 0 Å². The summed E-state index contributed by atoms with van der Waals surface area (Å²) in [6.07, 6.45) is 1.72. The van der Waals surface area contributed by atoms with Gasteiger partial charge in [0.15, 0.2) is 5.78 Å². The molecule has 4 heteroatoms. The average molecular weight is 279 g/mol. The van der Waals surface area contributed by atoms with Gasteiger partial charge in [-0.1, -0.05) is 19.1 Å². The maximum atomic E-state index is 13.6. The van der Waals surface area contributed by atoms with Crippen LogP contribution in [0.3, 0.4) is 0 Å². The number of rotatable bonds is 4. The molecule has 1 aliphatic heterocycles. The molecule has 0 aromatic heterocycles. The number of Topliss-reactive ketones (excluding diaryl/α,β-unsaturated/α-hetero) is 1. The van der Waals surface area contributed by atoms with Crippen molar-refractivity contribution in [2.24, 2.45) is 5.92 Å². The fourth-order valence-electron chi connectivity index (χ4n) is 2.88. The van der Waals surface area contributed by atoms with Gasteiger partial charge < -0.3 is 5.11 Å². The lowest BCUT2D eigenvalue weighted by Gasteiger charge is -2.37. The van der Waals surface area contributed by atoms with Crippen molar-refractivity contribution in [1.29, 1.82) is 0 Å². The van der Waals surface area contributed by atoms with Crippen LogP contribution in [-0.4, -0.2) is 41.0 Å². The first kappa shape index (κ1) is 15.1. The molecular weight excluding hydrogens is 257 g/mol. The highest BCUT2D eigenvalue weighted by Crippen LogP contribution is 2.22. The lowest BCUT2D eigenvalue weighted by molar-refractivity contribution is -0.0185. The summed E-state index contributed by atoms with van der Waals surface area (Å²) in [5.41, 5.74) is -0.525. The number of β-amino-alcohol motifs (C(OH)–C–C–N with tert-alkyl or cyclic N) is 1. The smallest absolute Gasteiger partial charge is 0.169 e. The average Bonchev–Trinajstić information content (AvgIpc) is 2.37. The molecule has 0 saturated carbocycles. The zero-order valence-electron chi connectivity index (χ0n) is 12.1. The summed E-state index contributed by atoms with van der Waals surface area (Å²) < 4.78 is 13.6. The second-order valence-corrected chi connectivity index (χ2v) is 6.08. The summed E-state index contributed by atoms with van der Waals surface area (Å²) >= 11 is 0. The normalized spacial score (nSPS) is 25.4. The summed E-state index contributed by atoms with van der Waals surface area (Å²) in [4.78, 5) is 14.4. The van der Waals surface area contributed by atoms with Gasteiger partial charge in [0.1, 0.15) is 5.82 Å². The summed E-state index contributed by atoms with van der Waals surface area (Å²) in [6, 6.07) is 6.10. The molecule has 1 saturated heterocycles. The van der Waals surface area contributed by atoms with Gasteiger partial charge in [-0.3, -0.25) is 9.69 Å². The monoisotopic (exact) mass is 279 g/mol. The van der Waals surface area contributed by atoms with E-state index < -0.39 is 11.4 Å². The van der Waals surface area contributed by atoms with Gasteiger partial charge in [-0.2, -0.15) is 0 Å². The van der Waals surface area contributed by atoms with E-state index in [9.17, 15) is 14.3 Å². The number of nitrogens with zero attached hydrogens (tertiary/aromatic N) is 1. The number of carbonyl (C=O) groups excluding carboxylic acids is 1. The number of halogens is 1. The van der Waals surface area contributed by atoms with Crippen LogP contribution in [0.25, 0.3) is 0 Å². The second-order valence-electron chi connectivity index (χ2n) is 6.08. The zero-order chi connectivity index (χ0) is 14.8. The molecule has 1 aromatic rings. The number of carbonyl (C=O) groups is 1. The number of piperidine rings is 1. The van der Waals surface area contributed by atoms with Crippen LogP contribution in [0.15, 0.2) is 24.3 Å². The molecule has 0 radical (unpaired) electrons. The predicted molar refractivity (Wildman–Crippen MR) is 76.2 cm³/mol. The van der Waals surface area contributed by atoms with E-state index in [1.165, 1.54) is 12.1 Å². The van der Waals surface area contributed by atoms with Gasteiger partial charge >= 0.3 is 0 Å². The third-order valence-corrected chi connectivity index (χ3v) is 3.87. The van der Waals surface area contributed by atoms with Crippen molar-refractivity contribution >= 4 is 5.78 Å². The maximum absolute atomic E-state index is 13.6. The van der Waals surface area contributed by atoms with Gasteiger partial charge in [0.05, 0.1) is 11.2 Å². The Morgan fingerprint density at radius 1 is 1.50 bits per heavy atom. The van der Waals surface area contributed by atoms with Crippen molar-refractivity contribution in [3.05, 3.63) is 35.6 Å². The number of benzene rings is 1. The van der Waals surface area contributed by atoms with Crippen LogP contribution < -0.4 is 0 Å². The minimum Gasteiger partial charge on any atom is -0.389 e. The minimum absolute atomic E-state index is 0.156. The van der Waals surface area contributed by atoms with Crippen molar-refractivity contribution in [3.8, 4) is 0 Å². The lowest BCUT2D eigenvalue weighted by Crippen LogP contribution is -2.48. The molecule has 1 fully saturated rings. The van der Waals surface area contributed by atoms with E-state index in [4.69, 9.17) is 0 Å². The standard InChI is InChI=1S/C16H22FNO2/c1-12(10-18-9-5-8-16(2,20)11-18)15(19)13-6-3-4-7-14(13)17/h3-4,6-7,12,20H,5,8-11H2,1-2H3. The predicted octanol–water partition coefficient (Wildman–Crippen LogP) is 2.49. The minimum atomic E-state index is -0.682. The molecule has 1 N–H and O–H groups in total. The van der Waals surface area contributed by atoms with Crippen LogP contribution >= 0.6 is 0 Å². The molecule has 3 nitrogen and oxygen atoms in total. The Balaban J connectivity index is 2.00. The highest BCUT2D eigenvalue weighted by atomic mass is 19.1. The zero-order valence-corrected chi connectivity index (χ0v) is 12.1. The molecule has 110 valence electrons. The van der Waals surface area contributed by atoms with E-state index in [2.05, 4.69) is 4.90 Å².